The zero-order valence-corrected chi connectivity index (χ0v) is 20.9. The van der Waals surface area contributed by atoms with Crippen LogP contribution in [0.1, 0.15) is 20.8 Å². The Balaban J connectivity index is 2.05. The number of hydrogen-bond acceptors (Lipinski definition) is 7. The van der Waals surface area contributed by atoms with Gasteiger partial charge in [0.25, 0.3) is 11.8 Å². The van der Waals surface area contributed by atoms with Gasteiger partial charge >= 0.3 is 12.7 Å². The van der Waals surface area contributed by atoms with Crippen molar-refractivity contribution in [1.29, 1.82) is 0 Å². The summed E-state index contributed by atoms with van der Waals surface area (Å²) in [6, 6.07) is 7.82. The molecule has 0 radical (unpaired) electrons. The summed E-state index contributed by atoms with van der Waals surface area (Å²) in [5, 5.41) is 1.47. The second kappa shape index (κ2) is 11.3. The molecule has 0 saturated heterocycles. The molecule has 0 aliphatic rings. The smallest absolute Gasteiger partial charge is 0.510 e. The van der Waals surface area contributed by atoms with Crippen LogP contribution in [0.3, 0.4) is 0 Å². The molecule has 40 heavy (non-hydrogen) atoms. The molecule has 0 bridgehead atoms. The van der Waals surface area contributed by atoms with Crippen LogP contribution in [0.15, 0.2) is 54.7 Å². The lowest BCUT2D eigenvalue weighted by Gasteiger charge is -2.24. The van der Waals surface area contributed by atoms with Crippen LogP contribution in [0, 0.1) is 0 Å². The van der Waals surface area contributed by atoms with Gasteiger partial charge in [0.05, 0.1) is 5.56 Å². The van der Waals surface area contributed by atoms with Gasteiger partial charge in [-0.15, -0.1) is 26.3 Å². The van der Waals surface area contributed by atoms with Gasteiger partial charge < -0.3 is 30.0 Å². The first kappa shape index (κ1) is 30.1. The summed E-state index contributed by atoms with van der Waals surface area (Å²) in [6.07, 6.45) is -8.91. The molecule has 1 aromatic heterocycles. The highest BCUT2D eigenvalue weighted by atomic mass is 19.4. The maximum Gasteiger partial charge on any atom is 0.573 e. The first-order chi connectivity index (χ1) is 18.4. The number of pyridine rings is 1. The van der Waals surface area contributed by atoms with E-state index in [1.54, 1.807) is 23.5 Å². The topological polar surface area (TPSA) is 122 Å². The molecule has 1 heterocycles. The molecule has 3 aromatic rings. The predicted molar refractivity (Wildman–Crippen MR) is 136 cm³/mol. The van der Waals surface area contributed by atoms with E-state index in [0.717, 1.165) is 42.5 Å². The number of nitrogens with zero attached hydrogens (tertiary/aromatic N) is 1. The molecule has 208 valence electrons. The van der Waals surface area contributed by atoms with Crippen molar-refractivity contribution in [2.45, 2.75) is 18.0 Å². The average Bonchev–Trinajstić information content (AvgIpc) is 2.78. The first-order valence-electron chi connectivity index (χ1n) is 11.1. The van der Waals surface area contributed by atoms with E-state index in [4.69, 9.17) is 15.2 Å². The molecule has 0 fully saturated rings. The summed E-state index contributed by atoms with van der Waals surface area (Å²) in [4.78, 5) is 28.2. The van der Waals surface area contributed by atoms with E-state index in [1.807, 2.05) is 0 Å². The average molecular weight is 567 g/mol. The third-order valence-corrected chi connectivity index (χ3v) is 4.49. The van der Waals surface area contributed by atoms with Crippen LogP contribution in [0.5, 0.6) is 28.7 Å². The Labute approximate surface area is 225 Å². The number of benzene rings is 2. The van der Waals surface area contributed by atoms with Crippen molar-refractivity contribution >= 4 is 41.0 Å². The molecule has 9 nitrogen and oxygen atoms in total. The van der Waals surface area contributed by atoms with Crippen LogP contribution in [0.2, 0.25) is 0 Å². The summed E-state index contributed by atoms with van der Waals surface area (Å²) in [6.45, 7) is 0. The molecule has 3 N–H and O–H groups in total. The zero-order valence-electron chi connectivity index (χ0n) is 20.9. The molecule has 0 unspecified atom stereocenters. The fraction of sp³-hybridized carbons (Fsp3) is 0.136. The van der Waals surface area contributed by atoms with Crippen LogP contribution in [-0.2, 0) is 0 Å². The van der Waals surface area contributed by atoms with Crippen LogP contribution in [0.25, 0.3) is 0 Å². The Morgan fingerprint density at radius 1 is 0.775 bits per heavy atom. The minimum atomic E-state index is -5.08. The number of halogens is 6. The Morgan fingerprint density at radius 2 is 1.35 bits per heavy atom. The van der Waals surface area contributed by atoms with E-state index < -0.39 is 47.1 Å². The number of anilines is 1. The lowest BCUT2D eigenvalue weighted by atomic mass is 9.52. The normalized spacial score (nSPS) is 11.8. The summed E-state index contributed by atoms with van der Waals surface area (Å²) in [5.41, 5.74) is 4.76. The van der Waals surface area contributed by atoms with Crippen LogP contribution in [-0.4, -0.2) is 58.4 Å². The number of carbonyl (C=O) groups excluding carboxylic acids is 2. The number of ether oxygens (including phenoxy) is 4. The second-order valence-electron chi connectivity index (χ2n) is 8.93. The summed E-state index contributed by atoms with van der Waals surface area (Å²) in [5.74, 6) is -4.20. The van der Waals surface area contributed by atoms with E-state index >= 15 is 0 Å². The van der Waals surface area contributed by atoms with Crippen molar-refractivity contribution in [3.05, 3.63) is 66.0 Å². The van der Waals surface area contributed by atoms with E-state index in [1.165, 1.54) is 12.3 Å². The lowest BCUT2D eigenvalue weighted by Crippen LogP contribution is -2.37. The Morgan fingerprint density at radius 3 is 1.90 bits per heavy atom. The molecule has 0 atom stereocenters. The number of nitrogens with one attached hydrogen (secondary N) is 1. The monoisotopic (exact) mass is 567 g/mol. The molecule has 2 aromatic carbocycles. The number of hydrogen-bond donors (Lipinski definition) is 2. The van der Waals surface area contributed by atoms with Gasteiger partial charge in [0, 0.05) is 29.3 Å². The minimum absolute atomic E-state index is 0.0702. The van der Waals surface area contributed by atoms with E-state index in [2.05, 4.69) is 19.8 Å². The van der Waals surface area contributed by atoms with Gasteiger partial charge in [-0.2, -0.15) is 0 Å². The summed E-state index contributed by atoms with van der Waals surface area (Å²) >= 11 is 0. The van der Waals surface area contributed by atoms with Gasteiger partial charge in [0.15, 0.2) is 11.5 Å². The number of rotatable bonds is 9. The minimum Gasteiger partial charge on any atom is -0.510 e. The van der Waals surface area contributed by atoms with Gasteiger partial charge in [-0.3, -0.25) is 14.6 Å². The van der Waals surface area contributed by atoms with Gasteiger partial charge in [-0.05, 0) is 36.4 Å². The number of primary amides is 1. The van der Waals surface area contributed by atoms with Gasteiger partial charge in [-0.25, -0.2) is 0 Å². The van der Waals surface area contributed by atoms with Gasteiger partial charge in [0.1, 0.15) is 46.5 Å². The molecule has 0 spiro atoms. The van der Waals surface area contributed by atoms with Crippen LogP contribution >= 0.6 is 0 Å². The van der Waals surface area contributed by atoms with Gasteiger partial charge in [-0.1, -0.05) is 0 Å². The van der Waals surface area contributed by atoms with Crippen LogP contribution in [0.4, 0.5) is 32.0 Å². The molecule has 2 amide bonds. The highest BCUT2D eigenvalue weighted by Gasteiger charge is 2.33. The Hall–Kier alpha value is -4.50. The maximum absolute atomic E-state index is 13.1. The predicted octanol–water partition coefficient (Wildman–Crippen LogP) is 1.91. The van der Waals surface area contributed by atoms with Gasteiger partial charge in [0.2, 0.25) is 0 Å². The van der Waals surface area contributed by atoms with Crippen molar-refractivity contribution in [2.75, 3.05) is 5.32 Å². The van der Waals surface area contributed by atoms with E-state index in [9.17, 15) is 35.9 Å². The van der Waals surface area contributed by atoms with Crippen molar-refractivity contribution in [3.8, 4) is 28.7 Å². The summed E-state index contributed by atoms with van der Waals surface area (Å²) < 4.78 is 96.0. The fourth-order valence-corrected chi connectivity index (χ4v) is 3.11. The zero-order chi connectivity index (χ0) is 29.9. The highest BCUT2D eigenvalue weighted by molar-refractivity contribution is 6.58. The second-order valence-corrected chi connectivity index (χ2v) is 8.93. The third kappa shape index (κ3) is 9.06. The number of amides is 2. The largest absolute Gasteiger partial charge is 0.573 e. The molecule has 18 heteroatoms. The standard InChI is InChI=1S/C22H18B3F6N3O6/c23-20(24,25)40-17-9-12(39-22(29,30)31)2-4-15(17)37-16-8-11(38-21(26,27)28)1-3-13(16)19(36)34-10-5-6-33-14(7-10)18(32)35/h1-9H,23-25H2,(H2,32,35)(H,33,34,36). The highest BCUT2D eigenvalue weighted by Crippen LogP contribution is 2.40. The summed E-state index contributed by atoms with van der Waals surface area (Å²) in [7, 11) is 4.75. The first-order valence-corrected chi connectivity index (χ1v) is 11.1. The number of aromatic nitrogens is 1. The maximum atomic E-state index is 13.1. The Bertz CT molecular complexity index is 1420. The molecule has 0 aliphatic carbocycles. The quantitative estimate of drug-likeness (QED) is 0.300. The third-order valence-electron chi connectivity index (χ3n) is 4.49. The van der Waals surface area contributed by atoms with E-state index in [0.29, 0.717) is 0 Å². The fourth-order valence-electron chi connectivity index (χ4n) is 3.11. The van der Waals surface area contributed by atoms with Crippen LogP contribution < -0.4 is 30.0 Å². The number of carbonyl (C=O) groups is 2. The molecular weight excluding hydrogens is 549 g/mol. The SMILES string of the molecule is BC(B)(B)Oc1cc(OC(F)(F)F)ccc1Oc1cc(OC(F)(F)F)ccc1C(=O)Nc1ccnc(C(N)=O)c1. The molecular formula is C22H18B3F6N3O6. The number of alkyl halides is 6. The van der Waals surface area contributed by atoms with E-state index in [-0.39, 0.29) is 28.4 Å². The lowest BCUT2D eigenvalue weighted by molar-refractivity contribution is -0.275. The van der Waals surface area contributed by atoms with Crippen molar-refractivity contribution < 1.29 is 54.9 Å². The number of nitrogens with two attached hydrogens (primary N) is 1. The van der Waals surface area contributed by atoms with Crippen molar-refractivity contribution in [1.82, 2.24) is 4.98 Å². The Kier molecular flexibility index (Phi) is 8.50. The molecule has 0 aliphatic heterocycles. The molecule has 3 rings (SSSR count). The van der Waals surface area contributed by atoms with Crippen molar-refractivity contribution in [3.63, 3.8) is 0 Å². The molecule has 0 saturated carbocycles. The van der Waals surface area contributed by atoms with Crippen molar-refractivity contribution in [2.24, 2.45) is 5.73 Å².